The fourth-order valence-corrected chi connectivity index (χ4v) is 3.91. The van der Waals surface area contributed by atoms with Crippen molar-refractivity contribution < 1.29 is 19.1 Å². The van der Waals surface area contributed by atoms with Gasteiger partial charge in [0, 0.05) is 24.7 Å². The predicted octanol–water partition coefficient (Wildman–Crippen LogP) is 5.61. The number of hydrogen-bond donors (Lipinski definition) is 0. The lowest BCUT2D eigenvalue weighted by Gasteiger charge is -2.34. The Kier molecular flexibility index (Phi) is 6.16. The fraction of sp³-hybridized carbons (Fsp3) is 0.583. The van der Waals surface area contributed by atoms with Gasteiger partial charge in [0.1, 0.15) is 11.2 Å². The summed E-state index contributed by atoms with van der Waals surface area (Å²) in [5, 5.41) is 1.05. The highest BCUT2D eigenvalue weighted by Crippen LogP contribution is 2.28. The average molecular weight is 415 g/mol. The Hall–Kier alpha value is -2.50. The minimum absolute atomic E-state index is 0.247. The molecule has 3 rings (SSSR count). The first kappa shape index (κ1) is 22.2. The molecule has 1 fully saturated rings. The topological polar surface area (TPSA) is 60.8 Å². The van der Waals surface area contributed by atoms with Gasteiger partial charge in [-0.25, -0.2) is 9.59 Å². The molecule has 1 aliphatic heterocycles. The lowest BCUT2D eigenvalue weighted by molar-refractivity contribution is 0.0166. The van der Waals surface area contributed by atoms with Gasteiger partial charge in [-0.3, -0.25) is 4.57 Å². The van der Waals surface area contributed by atoms with Crippen LogP contribution in [0.2, 0.25) is 0 Å². The first-order valence-electron chi connectivity index (χ1n) is 10.7. The van der Waals surface area contributed by atoms with E-state index in [1.807, 2.05) is 76.9 Å². The summed E-state index contributed by atoms with van der Waals surface area (Å²) in [5.74, 6) is 0.323. The summed E-state index contributed by atoms with van der Waals surface area (Å²) < 4.78 is 12.7. The maximum absolute atomic E-state index is 12.7. The molecule has 0 aliphatic carbocycles. The molecule has 0 saturated carbocycles. The van der Waals surface area contributed by atoms with Gasteiger partial charge in [-0.2, -0.15) is 0 Å². The molecule has 2 heterocycles. The van der Waals surface area contributed by atoms with Crippen LogP contribution >= 0.6 is 0 Å². The average Bonchev–Trinajstić information content (AvgIpc) is 2.98. The summed E-state index contributed by atoms with van der Waals surface area (Å²) in [6, 6.07) is 7.90. The Morgan fingerprint density at radius 1 is 1.00 bits per heavy atom. The summed E-state index contributed by atoms with van der Waals surface area (Å²) in [6.45, 7) is 12.7. The number of nitrogens with zero attached hydrogens (tertiary/aromatic N) is 2. The third kappa shape index (κ3) is 5.55. The van der Waals surface area contributed by atoms with Crippen molar-refractivity contribution >= 4 is 23.1 Å². The maximum Gasteiger partial charge on any atom is 0.419 e. The molecule has 0 spiro atoms. The van der Waals surface area contributed by atoms with Crippen molar-refractivity contribution in [3.63, 3.8) is 0 Å². The number of aromatic nitrogens is 1. The predicted molar refractivity (Wildman–Crippen MR) is 118 cm³/mol. The van der Waals surface area contributed by atoms with E-state index < -0.39 is 11.2 Å². The first-order chi connectivity index (χ1) is 13.9. The van der Waals surface area contributed by atoms with E-state index in [2.05, 4.69) is 0 Å². The van der Waals surface area contributed by atoms with Gasteiger partial charge in [0.05, 0.1) is 5.52 Å². The Morgan fingerprint density at radius 2 is 1.63 bits per heavy atom. The molecule has 1 atom stereocenters. The lowest BCUT2D eigenvalue weighted by atomic mass is 9.91. The normalized spacial score (nSPS) is 17.8. The zero-order valence-corrected chi connectivity index (χ0v) is 19.0. The van der Waals surface area contributed by atoms with E-state index in [9.17, 15) is 9.59 Å². The van der Waals surface area contributed by atoms with E-state index in [1.54, 1.807) is 4.57 Å². The van der Waals surface area contributed by atoms with Crippen LogP contribution in [0.3, 0.4) is 0 Å². The minimum atomic E-state index is -0.556. The molecule has 0 unspecified atom stereocenters. The van der Waals surface area contributed by atoms with Gasteiger partial charge in [-0.05, 0) is 78.4 Å². The van der Waals surface area contributed by atoms with Crippen LogP contribution in [0.1, 0.15) is 59.9 Å². The Labute approximate surface area is 179 Å². The van der Waals surface area contributed by atoms with Crippen LogP contribution in [0.25, 0.3) is 10.9 Å². The zero-order chi connectivity index (χ0) is 22.1. The fourth-order valence-electron chi connectivity index (χ4n) is 3.91. The maximum atomic E-state index is 12.7. The Balaban J connectivity index is 1.79. The summed E-state index contributed by atoms with van der Waals surface area (Å²) >= 11 is 0. The van der Waals surface area contributed by atoms with Crippen LogP contribution in [-0.4, -0.2) is 45.9 Å². The highest BCUT2D eigenvalue weighted by Gasteiger charge is 2.29. The van der Waals surface area contributed by atoms with Gasteiger partial charge in [0.15, 0.2) is 0 Å². The van der Waals surface area contributed by atoms with Gasteiger partial charge in [0.2, 0.25) is 0 Å². The molecule has 2 aromatic rings. The molecule has 30 heavy (non-hydrogen) atoms. The second-order valence-electron chi connectivity index (χ2n) is 10.2. The van der Waals surface area contributed by atoms with Crippen LogP contribution in [0.5, 0.6) is 0 Å². The van der Waals surface area contributed by atoms with Crippen molar-refractivity contribution in [2.45, 2.75) is 72.0 Å². The van der Waals surface area contributed by atoms with Gasteiger partial charge < -0.3 is 14.4 Å². The number of amides is 1. The highest BCUT2D eigenvalue weighted by atomic mass is 16.6. The molecule has 1 saturated heterocycles. The number of carbonyl (C=O) groups is 2. The largest absolute Gasteiger partial charge is 0.444 e. The van der Waals surface area contributed by atoms with Crippen LogP contribution in [0.4, 0.5) is 9.59 Å². The molecule has 6 nitrogen and oxygen atoms in total. The second kappa shape index (κ2) is 8.32. The third-order valence-electron chi connectivity index (χ3n) is 5.06. The number of carbonyl (C=O) groups excluding carboxylic acids is 2. The monoisotopic (exact) mass is 414 g/mol. The smallest absolute Gasteiger partial charge is 0.419 e. The number of fused-ring (bicyclic) bond motifs is 1. The van der Waals surface area contributed by atoms with Crippen molar-refractivity contribution in [2.75, 3.05) is 13.1 Å². The van der Waals surface area contributed by atoms with Crippen LogP contribution in [-0.2, 0) is 15.9 Å². The van der Waals surface area contributed by atoms with Gasteiger partial charge >= 0.3 is 12.2 Å². The molecular formula is C24H34N2O4. The number of benzene rings is 1. The van der Waals surface area contributed by atoms with E-state index in [0.29, 0.717) is 12.5 Å². The standard InChI is InChI=1S/C24H34N2O4/c1-23(2,3)29-21(27)25-13-9-10-17(15-25)14-18-16-26(22(28)30-24(4,5)6)20-12-8-7-11-19(18)20/h7-8,11-12,16-17H,9-10,13-15H2,1-6H3/t17-/m1/s1. The quantitative estimate of drug-likeness (QED) is 0.640. The molecule has 1 aromatic carbocycles. The third-order valence-corrected chi connectivity index (χ3v) is 5.06. The van der Waals surface area contributed by atoms with Crippen molar-refractivity contribution in [1.82, 2.24) is 9.47 Å². The van der Waals surface area contributed by atoms with E-state index in [1.165, 1.54) is 0 Å². The van der Waals surface area contributed by atoms with Crippen molar-refractivity contribution in [1.29, 1.82) is 0 Å². The van der Waals surface area contributed by atoms with Gasteiger partial charge in [-0.15, -0.1) is 0 Å². The first-order valence-corrected chi connectivity index (χ1v) is 10.7. The summed E-state index contributed by atoms with van der Waals surface area (Å²) in [5.41, 5.74) is 0.902. The van der Waals surface area contributed by atoms with E-state index in [0.717, 1.165) is 42.3 Å². The molecule has 6 heteroatoms. The zero-order valence-electron chi connectivity index (χ0n) is 19.0. The highest BCUT2D eigenvalue weighted by molar-refractivity contribution is 5.92. The summed E-state index contributed by atoms with van der Waals surface area (Å²) in [7, 11) is 0. The molecule has 1 aromatic heterocycles. The number of rotatable bonds is 2. The number of para-hydroxylation sites is 1. The molecule has 0 radical (unpaired) electrons. The molecule has 1 aliphatic rings. The Morgan fingerprint density at radius 3 is 2.30 bits per heavy atom. The van der Waals surface area contributed by atoms with E-state index in [-0.39, 0.29) is 12.2 Å². The number of likely N-dealkylation sites (tertiary alicyclic amines) is 1. The van der Waals surface area contributed by atoms with Crippen molar-refractivity contribution in [3.8, 4) is 0 Å². The molecule has 0 bridgehead atoms. The van der Waals surface area contributed by atoms with Crippen LogP contribution in [0.15, 0.2) is 30.5 Å². The van der Waals surface area contributed by atoms with Crippen LogP contribution < -0.4 is 0 Å². The number of ether oxygens (including phenoxy) is 2. The van der Waals surface area contributed by atoms with E-state index in [4.69, 9.17) is 9.47 Å². The second-order valence-corrected chi connectivity index (χ2v) is 10.2. The minimum Gasteiger partial charge on any atom is -0.444 e. The van der Waals surface area contributed by atoms with Crippen molar-refractivity contribution in [3.05, 3.63) is 36.0 Å². The lowest BCUT2D eigenvalue weighted by Crippen LogP contribution is -2.43. The van der Waals surface area contributed by atoms with Gasteiger partial charge in [0.25, 0.3) is 0 Å². The summed E-state index contributed by atoms with van der Waals surface area (Å²) in [4.78, 5) is 27.0. The Bertz CT molecular complexity index is 917. The van der Waals surface area contributed by atoms with Crippen molar-refractivity contribution in [2.24, 2.45) is 5.92 Å². The summed E-state index contributed by atoms with van der Waals surface area (Å²) in [6.07, 6.45) is 4.08. The molecule has 0 N–H and O–H groups in total. The number of hydrogen-bond acceptors (Lipinski definition) is 4. The molecular weight excluding hydrogens is 380 g/mol. The van der Waals surface area contributed by atoms with Crippen LogP contribution in [0, 0.1) is 5.92 Å². The molecule has 1 amide bonds. The van der Waals surface area contributed by atoms with Gasteiger partial charge in [-0.1, -0.05) is 18.2 Å². The van der Waals surface area contributed by atoms with E-state index >= 15 is 0 Å². The number of piperidine rings is 1. The molecule has 164 valence electrons. The SMILES string of the molecule is CC(C)(C)OC(=O)N1CCC[C@H](Cc2cn(C(=O)OC(C)(C)C)c3ccccc23)C1.